The van der Waals surface area contributed by atoms with Crippen LogP contribution in [0.25, 0.3) is 0 Å². The molecule has 6 heteroatoms. The minimum absolute atomic E-state index is 0.150. The lowest BCUT2D eigenvalue weighted by Crippen LogP contribution is -2.37. The van der Waals surface area contributed by atoms with Gasteiger partial charge >= 0.3 is 5.97 Å². The fourth-order valence-corrected chi connectivity index (χ4v) is 1.99. The second-order valence-electron chi connectivity index (χ2n) is 4.57. The number of hydrogen-bond donors (Lipinski definition) is 2. The van der Waals surface area contributed by atoms with E-state index in [2.05, 4.69) is 0 Å². The predicted molar refractivity (Wildman–Crippen MR) is 64.1 cm³/mol. The molecule has 0 radical (unpaired) electrons. The van der Waals surface area contributed by atoms with Crippen molar-refractivity contribution in [3.63, 3.8) is 0 Å². The molecule has 104 valence electrons. The number of amides is 1. The molecule has 0 unspecified atom stereocenters. The highest BCUT2D eigenvalue weighted by Gasteiger charge is 2.35. The molecular weight excluding hydrogens is 238 g/mol. The Morgan fingerprint density at radius 2 is 1.89 bits per heavy atom. The van der Waals surface area contributed by atoms with Crippen LogP contribution in [0, 0.1) is 0 Å². The van der Waals surface area contributed by atoms with Crippen molar-refractivity contribution in [1.29, 1.82) is 0 Å². The van der Waals surface area contributed by atoms with Crippen LogP contribution in [0.2, 0.25) is 0 Å². The van der Waals surface area contributed by atoms with Crippen LogP contribution in [0.4, 0.5) is 0 Å². The van der Waals surface area contributed by atoms with Crippen molar-refractivity contribution in [2.24, 2.45) is 0 Å². The van der Waals surface area contributed by atoms with Crippen LogP contribution < -0.4 is 0 Å². The number of likely N-dealkylation sites (N-methyl/N-ethyl adjacent to an activating group) is 1. The first-order valence-electron chi connectivity index (χ1n) is 6.30. The number of carbonyl (C=O) groups is 2. The van der Waals surface area contributed by atoms with E-state index in [0.717, 1.165) is 19.3 Å². The molecule has 1 saturated heterocycles. The van der Waals surface area contributed by atoms with Gasteiger partial charge in [0.25, 0.3) is 5.91 Å². The number of unbranched alkanes of at least 4 members (excludes halogenated alkanes) is 2. The van der Waals surface area contributed by atoms with Crippen molar-refractivity contribution >= 4 is 11.9 Å². The highest BCUT2D eigenvalue weighted by Crippen LogP contribution is 2.21. The third-order valence-corrected chi connectivity index (χ3v) is 3.10. The summed E-state index contributed by atoms with van der Waals surface area (Å²) in [4.78, 5) is 24.2. The number of rotatable bonds is 7. The number of ether oxygens (including phenoxy) is 1. The number of nitrogens with zero attached hydrogens (tertiary/aromatic N) is 1. The molecule has 0 spiro atoms. The normalized spacial score (nSPS) is 23.0. The number of carboxylic acids is 1. The molecule has 0 aromatic carbocycles. The lowest BCUT2D eigenvalue weighted by Gasteiger charge is -2.20. The molecular formula is C12H21NO5. The molecule has 1 fully saturated rings. The Morgan fingerprint density at radius 1 is 1.22 bits per heavy atom. The quantitative estimate of drug-likeness (QED) is 0.639. The molecule has 0 bridgehead atoms. The Balaban J connectivity index is 2.29. The SMILES string of the molecule is CN(CCCCCO)C(=O)[C@@H]1CC[C@H](C(=O)O)O1. The molecule has 18 heavy (non-hydrogen) atoms. The van der Waals surface area contributed by atoms with E-state index >= 15 is 0 Å². The Morgan fingerprint density at radius 3 is 2.44 bits per heavy atom. The van der Waals surface area contributed by atoms with E-state index in [1.54, 1.807) is 11.9 Å². The number of hydrogen-bond acceptors (Lipinski definition) is 4. The van der Waals surface area contributed by atoms with Gasteiger partial charge in [-0.1, -0.05) is 0 Å². The molecule has 1 heterocycles. The first kappa shape index (κ1) is 14.9. The molecule has 6 nitrogen and oxygen atoms in total. The van der Waals surface area contributed by atoms with Gasteiger partial charge in [0.2, 0.25) is 0 Å². The van der Waals surface area contributed by atoms with E-state index in [0.29, 0.717) is 19.4 Å². The van der Waals surface area contributed by atoms with Crippen molar-refractivity contribution in [2.45, 2.75) is 44.3 Å². The zero-order valence-corrected chi connectivity index (χ0v) is 10.7. The molecule has 0 aliphatic carbocycles. The minimum atomic E-state index is -1.00. The van der Waals surface area contributed by atoms with Crippen LogP contribution in [0.3, 0.4) is 0 Å². The predicted octanol–water partition coefficient (Wildman–Crippen LogP) is 0.240. The standard InChI is InChI=1S/C12H21NO5/c1-13(7-3-2-4-8-14)11(15)9-5-6-10(18-9)12(16)17/h9-10,14H,2-8H2,1H3,(H,16,17)/t9-,10+/m0/s1. The summed E-state index contributed by atoms with van der Waals surface area (Å²) < 4.78 is 5.20. The summed E-state index contributed by atoms with van der Waals surface area (Å²) in [6.45, 7) is 0.778. The van der Waals surface area contributed by atoms with Gasteiger partial charge in [-0.2, -0.15) is 0 Å². The molecule has 2 N–H and O–H groups in total. The first-order chi connectivity index (χ1) is 8.56. The van der Waals surface area contributed by atoms with Crippen LogP contribution in [-0.2, 0) is 14.3 Å². The fraction of sp³-hybridized carbons (Fsp3) is 0.833. The summed E-state index contributed by atoms with van der Waals surface area (Å²) >= 11 is 0. The number of carboxylic acid groups (broad SMARTS) is 1. The van der Waals surface area contributed by atoms with Gasteiger partial charge in [-0.25, -0.2) is 4.79 Å². The van der Waals surface area contributed by atoms with Crippen LogP contribution in [0.5, 0.6) is 0 Å². The molecule has 0 aromatic rings. The molecule has 1 aliphatic rings. The van der Waals surface area contributed by atoms with Gasteiger partial charge in [0.1, 0.15) is 6.10 Å². The maximum atomic E-state index is 11.9. The van der Waals surface area contributed by atoms with Crippen molar-refractivity contribution in [3.8, 4) is 0 Å². The van der Waals surface area contributed by atoms with Crippen LogP contribution >= 0.6 is 0 Å². The largest absolute Gasteiger partial charge is 0.479 e. The van der Waals surface area contributed by atoms with Crippen molar-refractivity contribution in [3.05, 3.63) is 0 Å². The van der Waals surface area contributed by atoms with Crippen molar-refractivity contribution in [1.82, 2.24) is 4.90 Å². The summed E-state index contributed by atoms with van der Waals surface area (Å²) in [6.07, 6.45) is 1.84. The summed E-state index contributed by atoms with van der Waals surface area (Å²) in [6, 6.07) is 0. The van der Waals surface area contributed by atoms with E-state index in [-0.39, 0.29) is 12.5 Å². The third kappa shape index (κ3) is 4.27. The van der Waals surface area contributed by atoms with E-state index in [1.807, 2.05) is 0 Å². The van der Waals surface area contributed by atoms with Crippen LogP contribution in [-0.4, -0.2) is 59.4 Å². The molecule has 0 saturated carbocycles. The Hall–Kier alpha value is -1.14. The average molecular weight is 259 g/mol. The number of aliphatic hydroxyl groups excluding tert-OH is 1. The van der Waals surface area contributed by atoms with Gasteiger partial charge in [0.15, 0.2) is 6.10 Å². The van der Waals surface area contributed by atoms with Gasteiger partial charge in [-0.15, -0.1) is 0 Å². The van der Waals surface area contributed by atoms with Crippen molar-refractivity contribution in [2.75, 3.05) is 20.2 Å². The maximum Gasteiger partial charge on any atom is 0.332 e. The zero-order valence-electron chi connectivity index (χ0n) is 10.7. The summed E-state index contributed by atoms with van der Waals surface area (Å²) in [7, 11) is 1.69. The Bertz CT molecular complexity index is 294. The monoisotopic (exact) mass is 259 g/mol. The molecule has 2 atom stereocenters. The summed E-state index contributed by atoms with van der Waals surface area (Å²) in [5.74, 6) is -1.15. The minimum Gasteiger partial charge on any atom is -0.479 e. The lowest BCUT2D eigenvalue weighted by atomic mass is 10.1. The number of aliphatic hydroxyl groups is 1. The van der Waals surface area contributed by atoms with Gasteiger partial charge in [-0.05, 0) is 32.1 Å². The second kappa shape index (κ2) is 7.33. The molecule has 1 aliphatic heterocycles. The second-order valence-corrected chi connectivity index (χ2v) is 4.57. The first-order valence-corrected chi connectivity index (χ1v) is 6.30. The fourth-order valence-electron chi connectivity index (χ4n) is 1.99. The highest BCUT2D eigenvalue weighted by atomic mass is 16.5. The van der Waals surface area contributed by atoms with E-state index in [9.17, 15) is 9.59 Å². The van der Waals surface area contributed by atoms with E-state index in [4.69, 9.17) is 14.9 Å². The van der Waals surface area contributed by atoms with Gasteiger partial charge in [0, 0.05) is 20.2 Å². The number of carbonyl (C=O) groups excluding carboxylic acids is 1. The van der Waals surface area contributed by atoms with E-state index < -0.39 is 18.2 Å². The molecule has 1 rings (SSSR count). The Labute approximate surface area is 107 Å². The molecule has 1 amide bonds. The Kier molecular flexibility index (Phi) is 6.07. The van der Waals surface area contributed by atoms with Gasteiger partial charge < -0.3 is 19.8 Å². The summed E-state index contributed by atoms with van der Waals surface area (Å²) in [5.41, 5.74) is 0. The maximum absolute atomic E-state index is 11.9. The highest BCUT2D eigenvalue weighted by molar-refractivity contribution is 5.82. The smallest absolute Gasteiger partial charge is 0.332 e. The zero-order chi connectivity index (χ0) is 13.5. The lowest BCUT2D eigenvalue weighted by molar-refractivity contribution is -0.154. The topological polar surface area (TPSA) is 87.1 Å². The van der Waals surface area contributed by atoms with E-state index in [1.165, 1.54) is 0 Å². The van der Waals surface area contributed by atoms with Crippen LogP contribution in [0.15, 0.2) is 0 Å². The third-order valence-electron chi connectivity index (χ3n) is 3.10. The van der Waals surface area contributed by atoms with Gasteiger partial charge in [-0.3, -0.25) is 4.79 Å². The van der Waals surface area contributed by atoms with Crippen LogP contribution in [0.1, 0.15) is 32.1 Å². The average Bonchev–Trinajstić information content (AvgIpc) is 2.83. The van der Waals surface area contributed by atoms with Gasteiger partial charge in [0.05, 0.1) is 0 Å². The summed E-state index contributed by atoms with van der Waals surface area (Å²) in [5, 5.41) is 17.4. The van der Waals surface area contributed by atoms with Crippen molar-refractivity contribution < 1.29 is 24.5 Å². The molecule has 0 aromatic heterocycles. The number of aliphatic carboxylic acids is 1.